The number of pyridine rings is 1. The molecular weight excluding hydrogens is 344 g/mol. The van der Waals surface area contributed by atoms with Crippen molar-refractivity contribution < 1.29 is 14.4 Å². The average Bonchev–Trinajstić information content (AvgIpc) is 2.94. The van der Waals surface area contributed by atoms with Gasteiger partial charge in [0.05, 0.1) is 11.8 Å². The standard InChI is InChI=1S/C20H26N4O3/c25-18(14-24-19(26)16-3-1-2-4-17(16)20(24)27)23-11-9-22(10-12-23)13-15-5-7-21-8-6-15/h5-8,16-17H,1-4,9-14H2. The average molecular weight is 370 g/mol. The van der Waals surface area contributed by atoms with Gasteiger partial charge in [-0.15, -0.1) is 0 Å². The Kier molecular flexibility index (Phi) is 5.20. The fraction of sp³-hybridized carbons (Fsp3) is 0.600. The van der Waals surface area contributed by atoms with Crippen LogP contribution in [-0.2, 0) is 20.9 Å². The third-order valence-electron chi connectivity index (χ3n) is 6.11. The number of hydrogen-bond acceptors (Lipinski definition) is 5. The lowest BCUT2D eigenvalue weighted by molar-refractivity contribution is -0.147. The second-order valence-corrected chi connectivity index (χ2v) is 7.77. The Labute approximate surface area is 159 Å². The van der Waals surface area contributed by atoms with Crippen molar-refractivity contribution in [2.24, 2.45) is 11.8 Å². The summed E-state index contributed by atoms with van der Waals surface area (Å²) in [7, 11) is 0. The van der Waals surface area contributed by atoms with Crippen LogP contribution in [0.15, 0.2) is 24.5 Å². The van der Waals surface area contributed by atoms with Gasteiger partial charge in [0.25, 0.3) is 0 Å². The summed E-state index contributed by atoms with van der Waals surface area (Å²) in [5.74, 6) is -0.741. The number of piperazine rings is 1. The topological polar surface area (TPSA) is 73.8 Å². The van der Waals surface area contributed by atoms with E-state index >= 15 is 0 Å². The Hall–Kier alpha value is -2.28. The molecular formula is C20H26N4O3. The highest BCUT2D eigenvalue weighted by molar-refractivity contribution is 6.07. The molecule has 2 saturated heterocycles. The molecule has 7 nitrogen and oxygen atoms in total. The van der Waals surface area contributed by atoms with Crippen molar-refractivity contribution in [1.29, 1.82) is 0 Å². The van der Waals surface area contributed by atoms with Crippen LogP contribution in [0.2, 0.25) is 0 Å². The summed E-state index contributed by atoms with van der Waals surface area (Å²) >= 11 is 0. The molecule has 144 valence electrons. The molecule has 3 fully saturated rings. The maximum absolute atomic E-state index is 12.7. The van der Waals surface area contributed by atoms with Gasteiger partial charge in [-0.3, -0.25) is 29.2 Å². The van der Waals surface area contributed by atoms with Crippen LogP contribution in [0.25, 0.3) is 0 Å². The molecule has 27 heavy (non-hydrogen) atoms. The normalized spacial score (nSPS) is 26.4. The first kappa shape index (κ1) is 18.1. The second-order valence-electron chi connectivity index (χ2n) is 7.77. The Balaban J connectivity index is 1.29. The molecule has 7 heteroatoms. The predicted octanol–water partition coefficient (Wildman–Crippen LogP) is 0.901. The van der Waals surface area contributed by atoms with Gasteiger partial charge in [-0.05, 0) is 30.5 Å². The summed E-state index contributed by atoms with van der Waals surface area (Å²) < 4.78 is 0. The van der Waals surface area contributed by atoms with Crippen molar-refractivity contribution in [3.8, 4) is 0 Å². The van der Waals surface area contributed by atoms with E-state index in [1.807, 2.05) is 12.1 Å². The molecule has 2 atom stereocenters. The SMILES string of the molecule is O=C(CN1C(=O)C2CCCCC2C1=O)N1CCN(Cc2ccncc2)CC1. The number of carbonyl (C=O) groups excluding carboxylic acids is 3. The molecule has 2 unspecified atom stereocenters. The van der Waals surface area contributed by atoms with Crippen molar-refractivity contribution in [2.75, 3.05) is 32.7 Å². The molecule has 0 radical (unpaired) electrons. The summed E-state index contributed by atoms with van der Waals surface area (Å²) in [5, 5.41) is 0. The predicted molar refractivity (Wildman–Crippen MR) is 98.3 cm³/mol. The minimum absolute atomic E-state index is 0.0883. The molecule has 0 bridgehead atoms. The second kappa shape index (κ2) is 7.76. The van der Waals surface area contributed by atoms with E-state index in [0.717, 1.165) is 45.3 Å². The molecule has 1 aliphatic carbocycles. The van der Waals surface area contributed by atoms with Gasteiger partial charge in [0, 0.05) is 45.1 Å². The van der Waals surface area contributed by atoms with Crippen LogP contribution >= 0.6 is 0 Å². The zero-order chi connectivity index (χ0) is 18.8. The molecule has 2 aliphatic heterocycles. The molecule has 0 N–H and O–H groups in total. The molecule has 3 aliphatic rings. The van der Waals surface area contributed by atoms with Gasteiger partial charge >= 0.3 is 0 Å². The van der Waals surface area contributed by atoms with Gasteiger partial charge in [-0.2, -0.15) is 0 Å². The van der Waals surface area contributed by atoms with E-state index in [1.165, 1.54) is 10.5 Å². The Bertz CT molecular complexity index is 691. The smallest absolute Gasteiger partial charge is 0.242 e. The number of amides is 3. The highest BCUT2D eigenvalue weighted by Gasteiger charge is 2.48. The van der Waals surface area contributed by atoms with Crippen molar-refractivity contribution in [3.05, 3.63) is 30.1 Å². The summed E-state index contributed by atoms with van der Waals surface area (Å²) in [6.45, 7) is 3.61. The van der Waals surface area contributed by atoms with Crippen LogP contribution in [0.3, 0.4) is 0 Å². The van der Waals surface area contributed by atoms with Gasteiger partial charge in [-0.1, -0.05) is 12.8 Å². The van der Waals surface area contributed by atoms with Gasteiger partial charge in [0.2, 0.25) is 17.7 Å². The Morgan fingerprint density at radius 2 is 1.56 bits per heavy atom. The van der Waals surface area contributed by atoms with Crippen LogP contribution in [-0.4, -0.2) is 70.1 Å². The first-order chi connectivity index (χ1) is 13.1. The van der Waals surface area contributed by atoms with Crippen LogP contribution in [0.4, 0.5) is 0 Å². The van der Waals surface area contributed by atoms with Gasteiger partial charge in [-0.25, -0.2) is 0 Å². The maximum Gasteiger partial charge on any atom is 0.242 e. The lowest BCUT2D eigenvalue weighted by atomic mass is 9.81. The van der Waals surface area contributed by atoms with Crippen molar-refractivity contribution in [1.82, 2.24) is 19.7 Å². The number of imide groups is 1. The number of carbonyl (C=O) groups is 3. The number of fused-ring (bicyclic) bond motifs is 1. The highest BCUT2D eigenvalue weighted by atomic mass is 16.2. The lowest BCUT2D eigenvalue weighted by Gasteiger charge is -2.35. The lowest BCUT2D eigenvalue weighted by Crippen LogP contribution is -2.51. The molecule has 3 heterocycles. The first-order valence-corrected chi connectivity index (χ1v) is 9.88. The van der Waals surface area contributed by atoms with Gasteiger partial charge in [0.1, 0.15) is 6.54 Å². The Morgan fingerprint density at radius 3 is 2.15 bits per heavy atom. The van der Waals surface area contributed by atoms with Crippen LogP contribution < -0.4 is 0 Å². The molecule has 3 amide bonds. The van der Waals surface area contributed by atoms with E-state index in [0.29, 0.717) is 13.1 Å². The zero-order valence-electron chi connectivity index (χ0n) is 15.5. The number of rotatable bonds is 4. The minimum atomic E-state index is -0.184. The number of aromatic nitrogens is 1. The quantitative estimate of drug-likeness (QED) is 0.737. The van der Waals surface area contributed by atoms with Crippen molar-refractivity contribution >= 4 is 17.7 Å². The van der Waals surface area contributed by atoms with Crippen LogP contribution in [0.5, 0.6) is 0 Å². The molecule has 1 saturated carbocycles. The summed E-state index contributed by atoms with van der Waals surface area (Å²) in [6.07, 6.45) is 7.15. The molecule has 0 spiro atoms. The van der Waals surface area contributed by atoms with E-state index in [-0.39, 0.29) is 36.1 Å². The fourth-order valence-electron chi connectivity index (χ4n) is 4.52. The summed E-state index contributed by atoms with van der Waals surface area (Å²) in [5.41, 5.74) is 1.21. The number of hydrogen-bond donors (Lipinski definition) is 0. The van der Waals surface area contributed by atoms with E-state index in [1.54, 1.807) is 17.3 Å². The third kappa shape index (κ3) is 3.74. The van der Waals surface area contributed by atoms with E-state index in [2.05, 4.69) is 9.88 Å². The van der Waals surface area contributed by atoms with Crippen LogP contribution in [0, 0.1) is 11.8 Å². The monoisotopic (exact) mass is 370 g/mol. The van der Waals surface area contributed by atoms with E-state index < -0.39 is 0 Å². The maximum atomic E-state index is 12.7. The Morgan fingerprint density at radius 1 is 0.963 bits per heavy atom. The van der Waals surface area contributed by atoms with E-state index in [4.69, 9.17) is 0 Å². The third-order valence-corrected chi connectivity index (χ3v) is 6.11. The first-order valence-electron chi connectivity index (χ1n) is 9.88. The fourth-order valence-corrected chi connectivity index (χ4v) is 4.52. The van der Waals surface area contributed by atoms with Crippen LogP contribution in [0.1, 0.15) is 31.2 Å². The minimum Gasteiger partial charge on any atom is -0.339 e. The molecule has 4 rings (SSSR count). The van der Waals surface area contributed by atoms with Gasteiger partial charge in [0.15, 0.2) is 0 Å². The number of nitrogens with zero attached hydrogens (tertiary/aromatic N) is 4. The molecule has 1 aromatic heterocycles. The molecule has 1 aromatic rings. The largest absolute Gasteiger partial charge is 0.339 e. The van der Waals surface area contributed by atoms with E-state index in [9.17, 15) is 14.4 Å². The summed E-state index contributed by atoms with van der Waals surface area (Å²) in [4.78, 5) is 47.1. The summed E-state index contributed by atoms with van der Waals surface area (Å²) in [6, 6.07) is 4.00. The number of likely N-dealkylation sites (tertiary alicyclic amines) is 1. The molecule has 0 aromatic carbocycles. The zero-order valence-corrected chi connectivity index (χ0v) is 15.5. The highest BCUT2D eigenvalue weighted by Crippen LogP contribution is 2.37. The van der Waals surface area contributed by atoms with Crippen molar-refractivity contribution in [3.63, 3.8) is 0 Å². The van der Waals surface area contributed by atoms with Crippen molar-refractivity contribution in [2.45, 2.75) is 32.2 Å². The van der Waals surface area contributed by atoms with Gasteiger partial charge < -0.3 is 4.90 Å².